The molecule has 2 aromatic carbocycles. The van der Waals surface area contributed by atoms with Crippen LogP contribution in [0.15, 0.2) is 49.2 Å². The van der Waals surface area contributed by atoms with E-state index < -0.39 is 5.82 Å². The van der Waals surface area contributed by atoms with Crippen molar-refractivity contribution in [2.45, 2.75) is 0 Å². The molecule has 6 nitrogen and oxygen atoms in total. The number of nitrogens with zero attached hydrogens (tertiary/aromatic N) is 4. The van der Waals surface area contributed by atoms with Gasteiger partial charge < -0.3 is 14.9 Å². The van der Waals surface area contributed by atoms with Crippen LogP contribution in [0.2, 0.25) is 5.02 Å². The van der Waals surface area contributed by atoms with E-state index in [4.69, 9.17) is 11.6 Å². The lowest BCUT2D eigenvalue weighted by Crippen LogP contribution is -2.48. The van der Waals surface area contributed by atoms with E-state index in [9.17, 15) is 9.90 Å². The van der Waals surface area contributed by atoms with Gasteiger partial charge in [0.05, 0.1) is 10.5 Å². The van der Waals surface area contributed by atoms with Crippen LogP contribution in [0.1, 0.15) is 0 Å². The van der Waals surface area contributed by atoms with E-state index in [1.54, 1.807) is 23.2 Å². The number of halogens is 2. The molecule has 0 bridgehead atoms. The van der Waals surface area contributed by atoms with Crippen molar-refractivity contribution in [2.75, 3.05) is 31.1 Å². The summed E-state index contributed by atoms with van der Waals surface area (Å²) in [5.41, 5.74) is 1.42. The van der Waals surface area contributed by atoms with Gasteiger partial charge in [0.1, 0.15) is 16.3 Å². The highest BCUT2D eigenvalue weighted by atomic mass is 35.5. The number of phenolic OH excluding ortho intramolecular Hbond substituents is 1. The number of anilines is 1. The fourth-order valence-corrected chi connectivity index (χ4v) is 5.31. The van der Waals surface area contributed by atoms with Crippen molar-refractivity contribution < 1.29 is 14.3 Å². The second kappa shape index (κ2) is 8.03. The topological polar surface area (TPSA) is 69.6 Å². The second-order valence-corrected chi connectivity index (χ2v) is 8.67. The van der Waals surface area contributed by atoms with Crippen LogP contribution in [0.4, 0.5) is 9.39 Å². The normalized spacial score (nSPS) is 14.3. The first kappa shape index (κ1) is 20.7. The molecule has 1 aliphatic heterocycles. The molecule has 1 amide bonds. The van der Waals surface area contributed by atoms with Gasteiger partial charge in [-0.15, -0.1) is 0 Å². The molecule has 2 aromatic heterocycles. The van der Waals surface area contributed by atoms with E-state index in [0.717, 1.165) is 5.00 Å². The second-order valence-electron chi connectivity index (χ2n) is 7.51. The Balaban J connectivity index is 1.58. The van der Waals surface area contributed by atoms with Crippen LogP contribution in [0, 0.1) is 5.82 Å². The zero-order chi connectivity index (χ0) is 22.4. The third-order valence-electron chi connectivity index (χ3n) is 5.67. The van der Waals surface area contributed by atoms with Crippen molar-refractivity contribution in [3.05, 3.63) is 60.0 Å². The lowest BCUT2D eigenvalue weighted by Gasteiger charge is -2.34. The Labute approximate surface area is 192 Å². The highest BCUT2D eigenvalue weighted by molar-refractivity contribution is 7.11. The quantitative estimate of drug-likeness (QED) is 0.435. The number of phenols is 1. The van der Waals surface area contributed by atoms with Crippen molar-refractivity contribution >= 4 is 55.8 Å². The molecule has 162 valence electrons. The number of pyridine rings is 1. The minimum absolute atomic E-state index is 0.0207. The highest BCUT2D eigenvalue weighted by Gasteiger charge is 2.26. The number of benzene rings is 2. The third-order valence-corrected chi connectivity index (χ3v) is 6.90. The van der Waals surface area contributed by atoms with Crippen molar-refractivity contribution in [3.63, 3.8) is 0 Å². The van der Waals surface area contributed by atoms with E-state index in [1.165, 1.54) is 29.7 Å². The lowest BCUT2D eigenvalue weighted by molar-refractivity contribution is -0.126. The zero-order valence-corrected chi connectivity index (χ0v) is 18.5. The Hall–Kier alpha value is -3.23. The SMILES string of the molecule is C=CC(=O)N1CCN(c2snc3c(F)c(-c4cc(O)cc5ncccc45)c(Cl)cc23)CC1. The summed E-state index contributed by atoms with van der Waals surface area (Å²) in [6.45, 7) is 5.87. The van der Waals surface area contributed by atoms with Gasteiger partial charge in [-0.25, -0.2) is 4.39 Å². The summed E-state index contributed by atoms with van der Waals surface area (Å²) < 4.78 is 20.1. The molecule has 9 heteroatoms. The predicted molar refractivity (Wildman–Crippen MR) is 126 cm³/mol. The fourth-order valence-electron chi connectivity index (χ4n) is 4.11. The van der Waals surface area contributed by atoms with Crippen LogP contribution in [0.3, 0.4) is 0 Å². The van der Waals surface area contributed by atoms with Gasteiger partial charge in [-0.05, 0) is 41.4 Å². The van der Waals surface area contributed by atoms with Crippen molar-refractivity contribution in [2.24, 2.45) is 0 Å². The Morgan fingerprint density at radius 3 is 2.75 bits per heavy atom. The first-order chi connectivity index (χ1) is 15.5. The van der Waals surface area contributed by atoms with Gasteiger partial charge in [0.2, 0.25) is 5.91 Å². The molecule has 0 radical (unpaired) electrons. The van der Waals surface area contributed by atoms with Gasteiger partial charge in [-0.1, -0.05) is 24.2 Å². The van der Waals surface area contributed by atoms with E-state index in [2.05, 4.69) is 20.8 Å². The van der Waals surface area contributed by atoms with Crippen LogP contribution >= 0.6 is 23.1 Å². The maximum Gasteiger partial charge on any atom is 0.246 e. The monoisotopic (exact) mass is 468 g/mol. The minimum atomic E-state index is -0.536. The smallest absolute Gasteiger partial charge is 0.246 e. The van der Waals surface area contributed by atoms with E-state index in [1.807, 2.05) is 6.07 Å². The molecule has 0 spiro atoms. The predicted octanol–water partition coefficient (Wildman–Crippen LogP) is 4.84. The summed E-state index contributed by atoms with van der Waals surface area (Å²) in [5.74, 6) is -0.649. The number of rotatable bonds is 3. The summed E-state index contributed by atoms with van der Waals surface area (Å²) in [6, 6.07) is 8.31. The molecule has 1 saturated heterocycles. The summed E-state index contributed by atoms with van der Waals surface area (Å²) >= 11 is 7.81. The summed E-state index contributed by atoms with van der Waals surface area (Å²) in [5, 5.41) is 12.5. The number of piperazine rings is 1. The van der Waals surface area contributed by atoms with E-state index in [-0.39, 0.29) is 27.8 Å². The van der Waals surface area contributed by atoms with E-state index >= 15 is 4.39 Å². The summed E-state index contributed by atoms with van der Waals surface area (Å²) in [4.78, 5) is 19.9. The largest absolute Gasteiger partial charge is 0.508 e. The van der Waals surface area contributed by atoms with Crippen LogP contribution in [0.25, 0.3) is 32.9 Å². The van der Waals surface area contributed by atoms with Gasteiger partial charge in [0.25, 0.3) is 0 Å². The number of aromatic hydroxyl groups is 1. The van der Waals surface area contributed by atoms with Crippen molar-refractivity contribution in [1.82, 2.24) is 14.3 Å². The van der Waals surface area contributed by atoms with Crippen LogP contribution in [-0.2, 0) is 4.79 Å². The van der Waals surface area contributed by atoms with Gasteiger partial charge in [-0.3, -0.25) is 9.78 Å². The standard InChI is InChI=1S/C23H18ClFN4O2S/c1-2-19(31)28-6-8-29(9-7-28)23-16-12-17(24)20(21(25)22(16)27-32-23)15-10-13(30)11-18-14(15)4-3-5-26-18/h2-5,10-12,30H,1,6-9H2. The lowest BCUT2D eigenvalue weighted by atomic mass is 9.98. The number of hydrogen-bond donors (Lipinski definition) is 1. The molecule has 0 unspecified atom stereocenters. The average Bonchev–Trinajstić information content (AvgIpc) is 3.22. The Kier molecular flexibility index (Phi) is 5.19. The van der Waals surface area contributed by atoms with Crippen molar-refractivity contribution in [1.29, 1.82) is 0 Å². The maximum absolute atomic E-state index is 15.7. The number of aromatic nitrogens is 2. The zero-order valence-electron chi connectivity index (χ0n) is 16.9. The van der Waals surface area contributed by atoms with Gasteiger partial charge in [0, 0.05) is 54.8 Å². The van der Waals surface area contributed by atoms with Crippen molar-refractivity contribution in [3.8, 4) is 16.9 Å². The fraction of sp³-hybridized carbons (Fsp3) is 0.174. The number of hydrogen-bond acceptors (Lipinski definition) is 6. The molecule has 3 heterocycles. The molecule has 1 N–H and O–H groups in total. The molecule has 5 rings (SSSR count). The first-order valence-corrected chi connectivity index (χ1v) is 11.1. The number of carbonyl (C=O) groups is 1. The Morgan fingerprint density at radius 1 is 1.22 bits per heavy atom. The molecule has 1 aliphatic rings. The number of amides is 1. The molecule has 0 atom stereocenters. The van der Waals surface area contributed by atoms with Crippen LogP contribution in [-0.4, -0.2) is 51.5 Å². The number of fused-ring (bicyclic) bond motifs is 2. The van der Waals surface area contributed by atoms with Gasteiger partial charge in [-0.2, -0.15) is 4.37 Å². The Morgan fingerprint density at radius 2 is 2.00 bits per heavy atom. The highest BCUT2D eigenvalue weighted by Crippen LogP contribution is 2.43. The molecule has 1 fully saturated rings. The van der Waals surface area contributed by atoms with Crippen LogP contribution in [0.5, 0.6) is 5.75 Å². The molecular weight excluding hydrogens is 451 g/mol. The molecule has 0 aliphatic carbocycles. The maximum atomic E-state index is 15.7. The van der Waals surface area contributed by atoms with E-state index in [0.29, 0.717) is 48.0 Å². The molecule has 4 aromatic rings. The molecule has 0 saturated carbocycles. The van der Waals surface area contributed by atoms with Crippen LogP contribution < -0.4 is 4.90 Å². The van der Waals surface area contributed by atoms with Gasteiger partial charge in [0.15, 0.2) is 5.82 Å². The first-order valence-electron chi connectivity index (χ1n) is 9.99. The summed E-state index contributed by atoms with van der Waals surface area (Å²) in [6.07, 6.45) is 2.93. The Bertz CT molecular complexity index is 1380. The molecule has 32 heavy (non-hydrogen) atoms. The van der Waals surface area contributed by atoms with Gasteiger partial charge >= 0.3 is 0 Å². The summed E-state index contributed by atoms with van der Waals surface area (Å²) in [7, 11) is 0. The average molecular weight is 469 g/mol. The third kappa shape index (κ3) is 3.36. The molecular formula is C23H18ClFN4O2S. The number of carbonyl (C=O) groups excluding carboxylic acids is 1. The minimum Gasteiger partial charge on any atom is -0.508 e.